The van der Waals surface area contributed by atoms with Gasteiger partial charge in [0.2, 0.25) is 6.04 Å². The molecule has 0 amide bonds. The summed E-state index contributed by atoms with van der Waals surface area (Å²) >= 11 is 0. The van der Waals surface area contributed by atoms with E-state index < -0.39 is 24.0 Å². The van der Waals surface area contributed by atoms with Crippen LogP contribution in [0.15, 0.2) is 91.0 Å². The van der Waals surface area contributed by atoms with E-state index in [1.807, 2.05) is 89.8 Å². The Morgan fingerprint density at radius 3 is 2.20 bits per heavy atom. The first kappa shape index (κ1) is 18.3. The van der Waals surface area contributed by atoms with Crippen molar-refractivity contribution < 1.29 is 9.72 Å². The Morgan fingerprint density at radius 2 is 1.50 bits per heavy atom. The highest BCUT2D eigenvalue weighted by molar-refractivity contribution is 6.04. The summed E-state index contributed by atoms with van der Waals surface area (Å²) in [6.45, 7) is 0. The number of carbonyl (C=O) groups excluding carboxylic acids is 1. The van der Waals surface area contributed by atoms with Crippen molar-refractivity contribution in [1.82, 2.24) is 0 Å². The summed E-state index contributed by atoms with van der Waals surface area (Å²) in [5.74, 6) is -0.654. The summed E-state index contributed by atoms with van der Waals surface area (Å²) in [7, 11) is 0. The summed E-state index contributed by atoms with van der Waals surface area (Å²) in [6.07, 6.45) is 3.81. The minimum atomic E-state index is -0.922. The Balaban J connectivity index is 1.73. The van der Waals surface area contributed by atoms with Crippen LogP contribution in [0.2, 0.25) is 0 Å². The van der Waals surface area contributed by atoms with Crippen molar-refractivity contribution in [3.05, 3.63) is 118 Å². The van der Waals surface area contributed by atoms with Crippen molar-refractivity contribution >= 4 is 17.5 Å². The van der Waals surface area contributed by atoms with Crippen LogP contribution in [-0.4, -0.2) is 28.8 Å². The van der Waals surface area contributed by atoms with Gasteiger partial charge >= 0.3 is 0 Å². The van der Waals surface area contributed by atoms with E-state index in [-0.39, 0.29) is 10.7 Å². The van der Waals surface area contributed by atoms with Crippen LogP contribution in [0.4, 0.5) is 5.69 Å². The van der Waals surface area contributed by atoms with E-state index in [1.54, 1.807) is 12.1 Å². The van der Waals surface area contributed by atoms with Crippen molar-refractivity contribution in [3.8, 4) is 0 Å². The van der Waals surface area contributed by atoms with Crippen molar-refractivity contribution in [2.75, 3.05) is 4.90 Å². The Morgan fingerprint density at radius 1 is 0.867 bits per heavy atom. The third-order valence-electron chi connectivity index (χ3n) is 6.12. The largest absolute Gasteiger partial charge is 0.346 e. The van der Waals surface area contributed by atoms with E-state index >= 15 is 0 Å². The fraction of sp³-hybridized carbons (Fsp3) is 0.160. The Hall–Kier alpha value is -3.73. The average molecular weight is 396 g/mol. The van der Waals surface area contributed by atoms with Crippen molar-refractivity contribution in [3.63, 3.8) is 0 Å². The molecule has 2 aliphatic heterocycles. The fourth-order valence-electron chi connectivity index (χ4n) is 4.88. The first-order valence-corrected chi connectivity index (χ1v) is 10.00. The lowest BCUT2D eigenvalue weighted by atomic mass is 9.84. The Kier molecular flexibility index (Phi) is 4.43. The molecular weight excluding hydrogens is 376 g/mol. The molecule has 0 unspecified atom stereocenters. The quantitative estimate of drug-likeness (QED) is 0.368. The van der Waals surface area contributed by atoms with Gasteiger partial charge in [0.05, 0.1) is 5.92 Å². The average Bonchev–Trinajstić information content (AvgIpc) is 3.16. The number of ketones is 1. The fourth-order valence-corrected chi connectivity index (χ4v) is 4.88. The summed E-state index contributed by atoms with van der Waals surface area (Å²) in [6, 6.07) is 24.2. The van der Waals surface area contributed by atoms with Crippen molar-refractivity contribution in [1.29, 1.82) is 0 Å². The van der Waals surface area contributed by atoms with Gasteiger partial charge in [-0.15, -0.1) is 0 Å². The summed E-state index contributed by atoms with van der Waals surface area (Å²) in [4.78, 5) is 27.8. The number of nitrogens with zero attached hydrogens (tertiary/aromatic N) is 2. The van der Waals surface area contributed by atoms with Crippen LogP contribution in [0.5, 0.6) is 0 Å². The van der Waals surface area contributed by atoms with E-state index in [2.05, 4.69) is 0 Å². The molecule has 3 aromatic carbocycles. The van der Waals surface area contributed by atoms with Crippen LogP contribution in [0.3, 0.4) is 0 Å². The minimum absolute atomic E-state index is 0.0936. The van der Waals surface area contributed by atoms with Gasteiger partial charge in [-0.1, -0.05) is 91.0 Å². The zero-order valence-electron chi connectivity index (χ0n) is 16.2. The lowest BCUT2D eigenvalue weighted by molar-refractivity contribution is -0.524. The van der Waals surface area contributed by atoms with Gasteiger partial charge in [-0.25, -0.2) is 0 Å². The molecule has 1 fully saturated rings. The number of carbonyl (C=O) groups is 1. The van der Waals surface area contributed by atoms with E-state index in [1.165, 1.54) is 0 Å². The van der Waals surface area contributed by atoms with E-state index in [0.29, 0.717) is 5.56 Å². The molecule has 0 aromatic heterocycles. The molecule has 2 aliphatic rings. The number of para-hydroxylation sites is 1. The molecule has 0 spiro atoms. The lowest BCUT2D eigenvalue weighted by Gasteiger charge is -2.34. The molecule has 0 radical (unpaired) electrons. The van der Waals surface area contributed by atoms with Crippen molar-refractivity contribution in [2.45, 2.75) is 24.0 Å². The number of nitro groups is 1. The molecule has 1 saturated heterocycles. The normalized spacial score (nSPS) is 24.2. The van der Waals surface area contributed by atoms with E-state index in [0.717, 1.165) is 16.8 Å². The molecule has 5 heteroatoms. The molecule has 0 N–H and O–H groups in total. The second-order valence-electron chi connectivity index (χ2n) is 7.70. The maximum absolute atomic E-state index is 13.8. The maximum atomic E-state index is 13.8. The van der Waals surface area contributed by atoms with Crippen LogP contribution in [0.1, 0.15) is 27.4 Å². The zero-order valence-corrected chi connectivity index (χ0v) is 16.2. The van der Waals surface area contributed by atoms with Gasteiger partial charge in [-0.3, -0.25) is 14.9 Å². The first-order chi connectivity index (χ1) is 14.7. The first-order valence-electron chi connectivity index (χ1n) is 10.00. The van der Waals surface area contributed by atoms with Gasteiger partial charge in [-0.05, 0) is 17.2 Å². The Labute approximate surface area is 174 Å². The van der Waals surface area contributed by atoms with Crippen LogP contribution < -0.4 is 4.90 Å². The number of benzene rings is 3. The predicted octanol–water partition coefficient (Wildman–Crippen LogP) is 4.58. The molecule has 30 heavy (non-hydrogen) atoms. The maximum Gasteiger partial charge on any atom is 0.245 e. The highest BCUT2D eigenvalue weighted by atomic mass is 16.6. The number of hydrogen-bond acceptors (Lipinski definition) is 4. The molecule has 2 heterocycles. The minimum Gasteiger partial charge on any atom is -0.346 e. The van der Waals surface area contributed by atoms with Gasteiger partial charge < -0.3 is 4.90 Å². The molecule has 5 rings (SSSR count). The molecule has 0 bridgehead atoms. The van der Waals surface area contributed by atoms with Gasteiger partial charge in [0, 0.05) is 16.2 Å². The van der Waals surface area contributed by atoms with Crippen molar-refractivity contribution in [2.24, 2.45) is 0 Å². The smallest absolute Gasteiger partial charge is 0.245 e. The monoisotopic (exact) mass is 396 g/mol. The molecule has 0 saturated carbocycles. The zero-order chi connectivity index (χ0) is 20.7. The van der Waals surface area contributed by atoms with Gasteiger partial charge in [0.1, 0.15) is 12.1 Å². The standard InChI is InChI=1S/C25H20N2O3/c28-25(19-12-5-2-6-13-19)24-22(18-10-3-1-4-11-18)23(27(29)30)21-16-15-17-9-7-8-14-20(17)26(21)24/h1-16,21-24H/t21-,22-,23-,24+/m0/s1. The second-order valence-corrected chi connectivity index (χ2v) is 7.70. The van der Waals surface area contributed by atoms with Crippen LogP contribution in [0.25, 0.3) is 6.08 Å². The molecular formula is C25H20N2O3. The van der Waals surface area contributed by atoms with Gasteiger partial charge in [0.15, 0.2) is 5.78 Å². The second kappa shape index (κ2) is 7.26. The Bertz CT molecular complexity index is 1130. The molecule has 4 atom stereocenters. The molecule has 3 aromatic rings. The summed E-state index contributed by atoms with van der Waals surface area (Å²) in [5, 5.41) is 12.3. The topological polar surface area (TPSA) is 63.4 Å². The SMILES string of the molecule is O=C(c1ccccc1)[C@H]1[C@@H](c2ccccc2)[C@@H]([N+](=O)[O-])[C@@H]2C=Cc3ccccc3N21. The van der Waals surface area contributed by atoms with E-state index in [9.17, 15) is 14.9 Å². The van der Waals surface area contributed by atoms with E-state index in [4.69, 9.17) is 0 Å². The third-order valence-corrected chi connectivity index (χ3v) is 6.12. The third kappa shape index (κ3) is 2.82. The number of Topliss-reactive ketones (excluding diaryl/α,β-unsaturated/α-hetero) is 1. The van der Waals surface area contributed by atoms with Gasteiger partial charge in [0.25, 0.3) is 0 Å². The number of rotatable bonds is 4. The predicted molar refractivity (Wildman–Crippen MR) is 116 cm³/mol. The van der Waals surface area contributed by atoms with Crippen LogP contribution in [0, 0.1) is 10.1 Å². The summed E-state index contributed by atoms with van der Waals surface area (Å²) < 4.78 is 0. The number of fused-ring (bicyclic) bond motifs is 3. The highest BCUT2D eigenvalue weighted by Gasteiger charge is 2.58. The lowest BCUT2D eigenvalue weighted by Crippen LogP contribution is -2.44. The summed E-state index contributed by atoms with van der Waals surface area (Å²) in [5.41, 5.74) is 3.21. The highest BCUT2D eigenvalue weighted by Crippen LogP contribution is 2.46. The van der Waals surface area contributed by atoms with Gasteiger partial charge in [-0.2, -0.15) is 0 Å². The van der Waals surface area contributed by atoms with Crippen LogP contribution >= 0.6 is 0 Å². The van der Waals surface area contributed by atoms with Crippen LogP contribution in [-0.2, 0) is 0 Å². The number of anilines is 1. The molecule has 148 valence electrons. The number of hydrogen-bond donors (Lipinski definition) is 0. The molecule has 5 nitrogen and oxygen atoms in total. The molecule has 0 aliphatic carbocycles.